The lowest BCUT2D eigenvalue weighted by Gasteiger charge is -2.38. The van der Waals surface area contributed by atoms with Crippen LogP contribution in [0.3, 0.4) is 0 Å². The number of phenolic OH excluding ortho intramolecular Hbond substituents is 1. The predicted octanol–water partition coefficient (Wildman–Crippen LogP) is 3.64. The SMILES string of the molecule is [2H]C([2H])(Oc1ccc(C(=O)c2c(-c3ccc(O)cc3)sc3cc(O[C@@H]4O[C@H](C(=O)O)[C@@H](O)[C@H](O)[C@H]4O)ccc23)cc1)C([2H])([2H])N1CCCCC1. The average molecular weight is 654 g/mol. The van der Waals surface area contributed by atoms with Crippen LogP contribution in [-0.4, -0.2) is 99.0 Å². The second-order valence-corrected chi connectivity index (χ2v) is 12.1. The van der Waals surface area contributed by atoms with Crippen molar-refractivity contribution in [1.82, 2.24) is 4.90 Å². The molecular formula is C34H35NO10S. The van der Waals surface area contributed by atoms with Crippen LogP contribution in [-0.2, 0) is 9.53 Å². The van der Waals surface area contributed by atoms with E-state index in [1.807, 2.05) is 0 Å². The maximum atomic E-state index is 14.1. The van der Waals surface area contributed by atoms with Crippen molar-refractivity contribution >= 4 is 33.2 Å². The molecule has 2 aliphatic rings. The third-order valence-electron chi connectivity index (χ3n) is 7.93. The van der Waals surface area contributed by atoms with Gasteiger partial charge in [-0.1, -0.05) is 6.42 Å². The van der Waals surface area contributed by atoms with Gasteiger partial charge in [-0.15, -0.1) is 11.3 Å². The van der Waals surface area contributed by atoms with E-state index in [9.17, 15) is 35.1 Å². The van der Waals surface area contributed by atoms with Gasteiger partial charge >= 0.3 is 5.97 Å². The molecule has 3 heterocycles. The van der Waals surface area contributed by atoms with Crippen LogP contribution in [0.15, 0.2) is 66.7 Å². The number of hydrogen-bond acceptors (Lipinski definition) is 11. The number of phenols is 1. The Bertz CT molecular complexity index is 1860. The van der Waals surface area contributed by atoms with Gasteiger partial charge in [-0.25, -0.2) is 4.79 Å². The Hall–Kier alpha value is -4.04. The van der Waals surface area contributed by atoms with Gasteiger partial charge < -0.3 is 39.7 Å². The first-order valence-corrected chi connectivity index (χ1v) is 15.5. The molecule has 46 heavy (non-hydrogen) atoms. The van der Waals surface area contributed by atoms with E-state index >= 15 is 0 Å². The lowest BCUT2D eigenvalue weighted by atomic mass is 9.97. The first-order chi connectivity index (χ1) is 23.7. The number of piperidine rings is 1. The van der Waals surface area contributed by atoms with Crippen molar-refractivity contribution in [2.45, 2.75) is 50.0 Å². The lowest BCUT2D eigenvalue weighted by Crippen LogP contribution is -2.61. The summed E-state index contributed by atoms with van der Waals surface area (Å²) >= 11 is 1.23. The second-order valence-electron chi connectivity index (χ2n) is 11.1. The number of hydrogen-bond donors (Lipinski definition) is 5. The van der Waals surface area contributed by atoms with Crippen LogP contribution in [0, 0.1) is 0 Å². The highest BCUT2D eigenvalue weighted by Gasteiger charge is 2.48. The van der Waals surface area contributed by atoms with Crippen LogP contribution in [0.25, 0.3) is 20.5 Å². The van der Waals surface area contributed by atoms with Gasteiger partial charge in [0.2, 0.25) is 6.29 Å². The highest BCUT2D eigenvalue weighted by Crippen LogP contribution is 2.42. The minimum atomic E-state index is -2.68. The first-order valence-electron chi connectivity index (χ1n) is 16.7. The number of ketones is 1. The number of aromatic hydroxyl groups is 1. The minimum Gasteiger partial charge on any atom is -0.508 e. The number of nitrogens with zero attached hydrogens (tertiary/aromatic N) is 1. The number of benzene rings is 3. The molecule has 0 bridgehead atoms. The van der Waals surface area contributed by atoms with Crippen molar-refractivity contribution < 1.29 is 54.8 Å². The zero-order valence-corrected chi connectivity index (χ0v) is 25.2. The van der Waals surface area contributed by atoms with E-state index in [1.54, 1.807) is 24.3 Å². The van der Waals surface area contributed by atoms with E-state index in [1.165, 1.54) is 58.7 Å². The van der Waals surface area contributed by atoms with Gasteiger partial charge in [-0.05, 0) is 98.2 Å². The smallest absolute Gasteiger partial charge is 0.335 e. The molecule has 0 saturated carbocycles. The van der Waals surface area contributed by atoms with Crippen LogP contribution < -0.4 is 9.47 Å². The molecule has 0 aliphatic carbocycles. The number of aliphatic hydroxyl groups is 3. The predicted molar refractivity (Wildman–Crippen MR) is 170 cm³/mol. The molecule has 0 radical (unpaired) electrons. The maximum Gasteiger partial charge on any atom is 0.335 e. The Labute approximate surface area is 274 Å². The summed E-state index contributed by atoms with van der Waals surface area (Å²) < 4.78 is 50.8. The van der Waals surface area contributed by atoms with Crippen molar-refractivity contribution in [2.24, 2.45) is 0 Å². The van der Waals surface area contributed by atoms with Gasteiger partial charge in [0.25, 0.3) is 0 Å². The quantitative estimate of drug-likeness (QED) is 0.159. The fourth-order valence-electron chi connectivity index (χ4n) is 5.45. The monoisotopic (exact) mass is 653 g/mol. The Morgan fingerprint density at radius 1 is 0.913 bits per heavy atom. The van der Waals surface area contributed by atoms with Gasteiger partial charge in [0.1, 0.15) is 42.1 Å². The van der Waals surface area contributed by atoms with E-state index in [2.05, 4.69) is 0 Å². The summed E-state index contributed by atoms with van der Waals surface area (Å²) in [5.74, 6) is -1.76. The summed E-state index contributed by atoms with van der Waals surface area (Å²) in [7, 11) is 0. The maximum absolute atomic E-state index is 14.1. The number of likely N-dealkylation sites (tertiary alicyclic amines) is 1. The summed E-state index contributed by atoms with van der Waals surface area (Å²) in [5, 5.41) is 50.4. The summed E-state index contributed by atoms with van der Waals surface area (Å²) in [6.07, 6.45) is -6.48. The standard InChI is InChI=1S/C34H35NO10S/c36-21-8-4-20(5-9-21)32-26(27(37)19-6-10-22(11-7-19)43-17-16-35-14-2-1-3-15-35)24-13-12-23(18-25(24)46-32)44-34-30(40)28(38)29(39)31(45-34)33(41)42/h4-13,18,28-31,34,36,38-40H,1-3,14-17H2,(H,41,42)/t28-,29-,30+,31-,34+/m0/s1/i16D2,17D2. The van der Waals surface area contributed by atoms with Crippen molar-refractivity contribution in [3.05, 3.63) is 77.9 Å². The molecule has 0 amide bonds. The highest BCUT2D eigenvalue weighted by molar-refractivity contribution is 7.22. The van der Waals surface area contributed by atoms with Crippen molar-refractivity contribution in [2.75, 3.05) is 26.1 Å². The Morgan fingerprint density at radius 3 is 2.30 bits per heavy atom. The third kappa shape index (κ3) is 6.73. The molecule has 5 atom stereocenters. The molecule has 0 unspecified atom stereocenters. The van der Waals surface area contributed by atoms with Crippen LogP contribution in [0.1, 0.15) is 40.7 Å². The van der Waals surface area contributed by atoms with E-state index in [0.29, 0.717) is 39.2 Å². The largest absolute Gasteiger partial charge is 0.508 e. The molecular weight excluding hydrogens is 614 g/mol. The molecule has 4 aromatic rings. The number of carbonyl (C=O) groups excluding carboxylic acids is 1. The molecule has 2 saturated heterocycles. The Morgan fingerprint density at radius 2 is 1.61 bits per heavy atom. The van der Waals surface area contributed by atoms with Gasteiger partial charge in [-0.2, -0.15) is 0 Å². The number of rotatable bonds is 10. The third-order valence-corrected chi connectivity index (χ3v) is 9.13. The summed E-state index contributed by atoms with van der Waals surface area (Å²) in [4.78, 5) is 27.7. The Balaban J connectivity index is 1.29. The number of aliphatic carboxylic acids is 1. The van der Waals surface area contributed by atoms with E-state index in [0.717, 1.165) is 19.3 Å². The van der Waals surface area contributed by atoms with Gasteiger partial charge in [0.15, 0.2) is 11.9 Å². The molecule has 2 fully saturated rings. The van der Waals surface area contributed by atoms with Gasteiger partial charge in [0.05, 0.1) is 2.74 Å². The lowest BCUT2D eigenvalue weighted by molar-refractivity contribution is -0.271. The van der Waals surface area contributed by atoms with Gasteiger partial charge in [0, 0.05) is 35.3 Å². The molecule has 2 aliphatic heterocycles. The molecule has 11 nitrogen and oxygen atoms in total. The molecule has 1 aromatic heterocycles. The number of thiophene rings is 1. The molecule has 12 heteroatoms. The fourth-order valence-corrected chi connectivity index (χ4v) is 6.68. The van der Waals surface area contributed by atoms with E-state index in [-0.39, 0.29) is 22.8 Å². The van der Waals surface area contributed by atoms with E-state index < -0.39 is 55.5 Å². The number of carbonyl (C=O) groups is 2. The van der Waals surface area contributed by atoms with Crippen LogP contribution in [0.4, 0.5) is 0 Å². The second kappa shape index (κ2) is 13.8. The zero-order chi connectivity index (χ0) is 36.0. The molecule has 242 valence electrons. The Kier molecular flexibility index (Phi) is 8.11. The number of fused-ring (bicyclic) bond motifs is 1. The highest BCUT2D eigenvalue weighted by atomic mass is 32.1. The van der Waals surface area contributed by atoms with E-state index in [4.69, 9.17) is 19.7 Å². The van der Waals surface area contributed by atoms with Crippen molar-refractivity contribution in [1.29, 1.82) is 0 Å². The number of ether oxygens (including phenoxy) is 3. The van der Waals surface area contributed by atoms with Crippen molar-refractivity contribution in [3.8, 4) is 27.7 Å². The van der Waals surface area contributed by atoms with Gasteiger partial charge in [-0.3, -0.25) is 9.69 Å². The van der Waals surface area contributed by atoms with Crippen LogP contribution >= 0.6 is 11.3 Å². The molecule has 3 aromatic carbocycles. The molecule has 5 N–H and O–H groups in total. The summed E-state index contributed by atoms with van der Waals surface area (Å²) in [6, 6.07) is 16.6. The normalized spacial score (nSPS) is 25.6. The zero-order valence-electron chi connectivity index (χ0n) is 28.4. The average Bonchev–Trinajstić information content (AvgIpc) is 3.47. The topological polar surface area (TPSA) is 166 Å². The number of aliphatic hydroxyl groups excluding tert-OH is 3. The fraction of sp³-hybridized carbons (Fsp3) is 0.353. The molecule has 0 spiro atoms. The molecule has 6 rings (SSSR count). The summed E-state index contributed by atoms with van der Waals surface area (Å²) in [5.41, 5.74) is 1.17. The number of carboxylic acid groups (broad SMARTS) is 1. The first kappa shape index (κ1) is 27.1. The minimum absolute atomic E-state index is 0.0246. The number of carboxylic acids is 1. The summed E-state index contributed by atoms with van der Waals surface area (Å²) in [6.45, 7) is -4.23. The van der Waals surface area contributed by atoms with Crippen molar-refractivity contribution in [3.63, 3.8) is 0 Å². The van der Waals surface area contributed by atoms with Crippen LogP contribution in [0.2, 0.25) is 0 Å². The van der Waals surface area contributed by atoms with Crippen LogP contribution in [0.5, 0.6) is 17.2 Å².